The Hall–Kier alpha value is -1.88. The van der Waals surface area contributed by atoms with Gasteiger partial charge in [0.25, 0.3) is 0 Å². The van der Waals surface area contributed by atoms with Crippen LogP contribution in [0.15, 0.2) is 24.3 Å². The Morgan fingerprint density at radius 3 is 2.86 bits per heavy atom. The standard InChI is InChI=1S/C16H21N3O2/c1-19-10-13(6-7-15(19)20)18-16(21)14-8-11-4-2-3-5-12(11)9-17-14/h2-5,13-14,17H,6-10H2,1H3,(H,18,21)/t13?,14-/m1/s1. The molecular formula is C16H21N3O2. The smallest absolute Gasteiger partial charge is 0.237 e. The molecule has 112 valence electrons. The fourth-order valence-electron chi connectivity index (χ4n) is 3.07. The highest BCUT2D eigenvalue weighted by Crippen LogP contribution is 2.17. The maximum atomic E-state index is 12.4. The maximum Gasteiger partial charge on any atom is 0.237 e. The van der Waals surface area contributed by atoms with Crippen LogP contribution in [0.1, 0.15) is 24.0 Å². The minimum absolute atomic E-state index is 0.0391. The number of nitrogens with one attached hydrogen (secondary N) is 2. The van der Waals surface area contributed by atoms with E-state index in [4.69, 9.17) is 0 Å². The van der Waals surface area contributed by atoms with Crippen molar-refractivity contribution in [2.45, 2.75) is 37.9 Å². The highest BCUT2D eigenvalue weighted by molar-refractivity contribution is 5.83. The van der Waals surface area contributed by atoms with Gasteiger partial charge in [0, 0.05) is 32.6 Å². The Bertz CT molecular complexity index is 558. The van der Waals surface area contributed by atoms with Crippen LogP contribution < -0.4 is 10.6 Å². The summed E-state index contributed by atoms with van der Waals surface area (Å²) in [5, 5.41) is 6.37. The molecule has 5 heteroatoms. The number of hydrogen-bond donors (Lipinski definition) is 2. The first-order chi connectivity index (χ1) is 10.1. The predicted octanol–water partition coefficient (Wildman–Crippen LogP) is 0.438. The summed E-state index contributed by atoms with van der Waals surface area (Å²) in [6.07, 6.45) is 1.98. The minimum Gasteiger partial charge on any atom is -0.350 e. The third-order valence-corrected chi connectivity index (χ3v) is 4.37. The van der Waals surface area contributed by atoms with Gasteiger partial charge in [-0.05, 0) is 24.0 Å². The third kappa shape index (κ3) is 3.08. The van der Waals surface area contributed by atoms with Crippen LogP contribution in [0.4, 0.5) is 0 Å². The van der Waals surface area contributed by atoms with Gasteiger partial charge in [-0.1, -0.05) is 24.3 Å². The lowest BCUT2D eigenvalue weighted by Gasteiger charge is -2.32. The van der Waals surface area contributed by atoms with E-state index in [1.54, 1.807) is 11.9 Å². The lowest BCUT2D eigenvalue weighted by Crippen LogP contribution is -2.54. The molecule has 2 atom stereocenters. The number of carbonyl (C=O) groups excluding carboxylic acids is 2. The number of carbonyl (C=O) groups is 2. The molecule has 1 fully saturated rings. The number of amides is 2. The highest BCUT2D eigenvalue weighted by Gasteiger charge is 2.28. The van der Waals surface area contributed by atoms with Gasteiger partial charge in [0.2, 0.25) is 11.8 Å². The van der Waals surface area contributed by atoms with E-state index in [0.29, 0.717) is 13.0 Å². The second kappa shape index (κ2) is 5.85. The molecule has 1 saturated heterocycles. The van der Waals surface area contributed by atoms with Gasteiger partial charge in [-0.3, -0.25) is 9.59 Å². The molecule has 0 radical (unpaired) electrons. The van der Waals surface area contributed by atoms with Gasteiger partial charge in [-0.25, -0.2) is 0 Å². The molecule has 2 amide bonds. The van der Waals surface area contributed by atoms with Crippen LogP contribution in [0, 0.1) is 0 Å². The first-order valence-electron chi connectivity index (χ1n) is 7.48. The molecule has 0 aromatic heterocycles. The second-order valence-corrected chi connectivity index (χ2v) is 5.92. The number of piperidine rings is 1. The topological polar surface area (TPSA) is 61.4 Å². The van der Waals surface area contributed by atoms with E-state index in [0.717, 1.165) is 19.4 Å². The van der Waals surface area contributed by atoms with Gasteiger partial charge in [0.1, 0.15) is 0 Å². The molecule has 5 nitrogen and oxygen atoms in total. The Kier molecular flexibility index (Phi) is 3.92. The van der Waals surface area contributed by atoms with Crippen molar-refractivity contribution in [3.05, 3.63) is 35.4 Å². The van der Waals surface area contributed by atoms with Crippen molar-refractivity contribution in [3.63, 3.8) is 0 Å². The molecule has 1 aromatic rings. The van der Waals surface area contributed by atoms with Gasteiger partial charge in [0.05, 0.1) is 6.04 Å². The van der Waals surface area contributed by atoms with Crippen molar-refractivity contribution in [2.75, 3.05) is 13.6 Å². The van der Waals surface area contributed by atoms with E-state index in [9.17, 15) is 9.59 Å². The average Bonchev–Trinajstić information content (AvgIpc) is 2.50. The van der Waals surface area contributed by atoms with Gasteiger partial charge < -0.3 is 15.5 Å². The Labute approximate surface area is 124 Å². The zero-order valence-corrected chi connectivity index (χ0v) is 12.3. The number of likely N-dealkylation sites (tertiary alicyclic amines) is 1. The van der Waals surface area contributed by atoms with Crippen LogP contribution in [0.2, 0.25) is 0 Å². The van der Waals surface area contributed by atoms with E-state index in [1.807, 2.05) is 12.1 Å². The molecule has 0 bridgehead atoms. The minimum atomic E-state index is -0.178. The van der Waals surface area contributed by atoms with Crippen molar-refractivity contribution in [3.8, 4) is 0 Å². The fourth-order valence-corrected chi connectivity index (χ4v) is 3.07. The van der Waals surface area contributed by atoms with Crippen molar-refractivity contribution < 1.29 is 9.59 Å². The van der Waals surface area contributed by atoms with E-state index in [-0.39, 0.29) is 23.9 Å². The van der Waals surface area contributed by atoms with E-state index in [1.165, 1.54) is 11.1 Å². The summed E-state index contributed by atoms with van der Waals surface area (Å²) in [7, 11) is 1.79. The Morgan fingerprint density at radius 2 is 2.10 bits per heavy atom. The molecule has 1 aromatic carbocycles. The molecule has 0 aliphatic carbocycles. The summed E-state index contributed by atoms with van der Waals surface area (Å²) in [4.78, 5) is 25.5. The van der Waals surface area contributed by atoms with Gasteiger partial charge in [-0.2, -0.15) is 0 Å². The van der Waals surface area contributed by atoms with Gasteiger partial charge >= 0.3 is 0 Å². The summed E-state index contributed by atoms with van der Waals surface area (Å²) in [6, 6.07) is 8.11. The van der Waals surface area contributed by atoms with E-state index in [2.05, 4.69) is 22.8 Å². The molecule has 2 N–H and O–H groups in total. The van der Waals surface area contributed by atoms with Crippen LogP contribution in [0.5, 0.6) is 0 Å². The van der Waals surface area contributed by atoms with Crippen molar-refractivity contribution in [1.82, 2.24) is 15.5 Å². The monoisotopic (exact) mass is 287 g/mol. The van der Waals surface area contributed by atoms with Crippen molar-refractivity contribution in [2.24, 2.45) is 0 Å². The summed E-state index contributed by atoms with van der Waals surface area (Å²) in [5.41, 5.74) is 2.51. The number of likely N-dealkylation sites (N-methyl/N-ethyl adjacent to an activating group) is 1. The van der Waals surface area contributed by atoms with E-state index < -0.39 is 0 Å². The van der Waals surface area contributed by atoms with Gasteiger partial charge in [0.15, 0.2) is 0 Å². The molecule has 3 rings (SSSR count). The summed E-state index contributed by atoms with van der Waals surface area (Å²) < 4.78 is 0. The summed E-state index contributed by atoms with van der Waals surface area (Å²) >= 11 is 0. The number of rotatable bonds is 2. The van der Waals surface area contributed by atoms with Crippen LogP contribution >= 0.6 is 0 Å². The quantitative estimate of drug-likeness (QED) is 0.829. The SMILES string of the molecule is CN1CC(NC(=O)[C@H]2Cc3ccccc3CN2)CCC1=O. The second-order valence-electron chi connectivity index (χ2n) is 5.92. The van der Waals surface area contributed by atoms with Crippen LogP contribution in [0.3, 0.4) is 0 Å². The van der Waals surface area contributed by atoms with Crippen LogP contribution in [-0.2, 0) is 22.6 Å². The van der Waals surface area contributed by atoms with Crippen LogP contribution in [0.25, 0.3) is 0 Å². The largest absolute Gasteiger partial charge is 0.350 e. The Morgan fingerprint density at radius 1 is 1.33 bits per heavy atom. The molecule has 0 spiro atoms. The summed E-state index contributed by atoms with van der Waals surface area (Å²) in [6.45, 7) is 1.34. The molecule has 2 aliphatic rings. The summed E-state index contributed by atoms with van der Waals surface area (Å²) in [5.74, 6) is 0.197. The molecule has 2 heterocycles. The normalized spacial score (nSPS) is 25.4. The van der Waals surface area contributed by atoms with Crippen molar-refractivity contribution in [1.29, 1.82) is 0 Å². The number of benzene rings is 1. The van der Waals surface area contributed by atoms with Crippen LogP contribution in [-0.4, -0.2) is 42.4 Å². The maximum absolute atomic E-state index is 12.4. The number of fused-ring (bicyclic) bond motifs is 1. The lowest BCUT2D eigenvalue weighted by atomic mass is 9.95. The van der Waals surface area contributed by atoms with E-state index >= 15 is 0 Å². The van der Waals surface area contributed by atoms with Gasteiger partial charge in [-0.15, -0.1) is 0 Å². The fraction of sp³-hybridized carbons (Fsp3) is 0.500. The number of nitrogens with zero attached hydrogens (tertiary/aromatic N) is 1. The third-order valence-electron chi connectivity index (χ3n) is 4.37. The Balaban J connectivity index is 1.58. The molecule has 21 heavy (non-hydrogen) atoms. The zero-order valence-electron chi connectivity index (χ0n) is 12.3. The molecule has 2 aliphatic heterocycles. The lowest BCUT2D eigenvalue weighted by molar-refractivity contribution is -0.134. The average molecular weight is 287 g/mol. The highest BCUT2D eigenvalue weighted by atomic mass is 16.2. The molecule has 1 unspecified atom stereocenters. The van der Waals surface area contributed by atoms with Crippen molar-refractivity contribution >= 4 is 11.8 Å². The number of hydrogen-bond acceptors (Lipinski definition) is 3. The molecule has 0 saturated carbocycles. The molecular weight excluding hydrogens is 266 g/mol. The zero-order chi connectivity index (χ0) is 14.8. The predicted molar refractivity (Wildman–Crippen MR) is 79.6 cm³/mol. The first-order valence-corrected chi connectivity index (χ1v) is 7.48. The first kappa shape index (κ1) is 14.1.